The second-order valence-corrected chi connectivity index (χ2v) is 7.52. The number of hydrogen-bond acceptors (Lipinski definition) is 6. The SMILES string of the molecule is CS[C@H]1O[C@@H](c2ccc(C)c(Cl)c2)[C@H](C)[C@@H](OC(C)=O)[C@@H]1OC(C)=O. The lowest BCUT2D eigenvalue weighted by Gasteiger charge is -2.44. The van der Waals surface area contributed by atoms with E-state index in [1.165, 1.54) is 25.6 Å². The number of rotatable bonds is 4. The Hall–Kier alpha value is -1.24. The summed E-state index contributed by atoms with van der Waals surface area (Å²) in [5.74, 6) is -1.07. The van der Waals surface area contributed by atoms with Gasteiger partial charge < -0.3 is 14.2 Å². The molecule has 1 aromatic rings. The van der Waals surface area contributed by atoms with Gasteiger partial charge in [0.2, 0.25) is 0 Å². The molecule has 0 aliphatic carbocycles. The molecule has 0 bridgehead atoms. The van der Waals surface area contributed by atoms with Gasteiger partial charge in [-0.1, -0.05) is 30.7 Å². The first kappa shape index (κ1) is 20.1. The minimum absolute atomic E-state index is 0.213. The third kappa shape index (κ3) is 4.68. The largest absolute Gasteiger partial charge is 0.458 e. The van der Waals surface area contributed by atoms with E-state index in [2.05, 4.69) is 0 Å². The number of ether oxygens (including phenoxy) is 3. The van der Waals surface area contributed by atoms with Crippen molar-refractivity contribution in [1.82, 2.24) is 0 Å². The molecule has 138 valence electrons. The molecule has 0 radical (unpaired) electrons. The van der Waals surface area contributed by atoms with Crippen LogP contribution < -0.4 is 0 Å². The summed E-state index contributed by atoms with van der Waals surface area (Å²) in [6, 6.07) is 5.75. The summed E-state index contributed by atoms with van der Waals surface area (Å²) in [5.41, 5.74) is 1.43. The second-order valence-electron chi connectivity index (χ2n) is 6.18. The van der Waals surface area contributed by atoms with E-state index < -0.39 is 29.6 Å². The van der Waals surface area contributed by atoms with Crippen molar-refractivity contribution in [3.05, 3.63) is 34.3 Å². The maximum Gasteiger partial charge on any atom is 0.303 e. The molecule has 0 saturated carbocycles. The summed E-state index contributed by atoms with van der Waals surface area (Å²) in [5, 5.41) is 0.653. The summed E-state index contributed by atoms with van der Waals surface area (Å²) in [6.45, 7) is 6.52. The predicted octanol–water partition coefficient (Wildman–Crippen LogP) is 3.91. The van der Waals surface area contributed by atoms with Crippen LogP contribution in [0.5, 0.6) is 0 Å². The summed E-state index contributed by atoms with van der Waals surface area (Å²) in [6.07, 6.45) is 0.272. The van der Waals surface area contributed by atoms with Crippen molar-refractivity contribution < 1.29 is 23.8 Å². The second kappa shape index (κ2) is 8.43. The first-order valence-corrected chi connectivity index (χ1v) is 9.70. The lowest BCUT2D eigenvalue weighted by atomic mass is 9.86. The zero-order valence-electron chi connectivity index (χ0n) is 14.9. The number of halogens is 1. The Morgan fingerprint density at radius 2 is 1.76 bits per heavy atom. The highest BCUT2D eigenvalue weighted by Crippen LogP contribution is 2.42. The van der Waals surface area contributed by atoms with E-state index in [-0.39, 0.29) is 12.0 Å². The number of carbonyl (C=O) groups excluding carboxylic acids is 2. The minimum atomic E-state index is -0.663. The molecule has 2 rings (SSSR count). The van der Waals surface area contributed by atoms with E-state index in [4.69, 9.17) is 25.8 Å². The van der Waals surface area contributed by atoms with E-state index in [1.807, 2.05) is 38.3 Å². The summed E-state index contributed by atoms with van der Waals surface area (Å²) < 4.78 is 17.1. The van der Waals surface area contributed by atoms with Gasteiger partial charge in [-0.15, -0.1) is 11.8 Å². The van der Waals surface area contributed by atoms with Crippen LogP contribution >= 0.6 is 23.4 Å². The van der Waals surface area contributed by atoms with Crippen molar-refractivity contribution in [3.8, 4) is 0 Å². The van der Waals surface area contributed by atoms with Crippen molar-refractivity contribution in [1.29, 1.82) is 0 Å². The first-order chi connectivity index (χ1) is 11.7. The molecule has 1 heterocycles. The Morgan fingerprint density at radius 3 is 2.28 bits per heavy atom. The van der Waals surface area contributed by atoms with Crippen LogP contribution in [0.2, 0.25) is 5.02 Å². The van der Waals surface area contributed by atoms with Crippen molar-refractivity contribution in [3.63, 3.8) is 0 Å². The van der Waals surface area contributed by atoms with E-state index in [0.29, 0.717) is 5.02 Å². The molecule has 1 saturated heterocycles. The third-order valence-corrected chi connectivity index (χ3v) is 5.48. The molecule has 0 amide bonds. The molecule has 0 N–H and O–H groups in total. The monoisotopic (exact) mass is 386 g/mol. The lowest BCUT2D eigenvalue weighted by molar-refractivity contribution is -0.208. The number of aryl methyl sites for hydroxylation is 1. The van der Waals surface area contributed by atoms with Crippen molar-refractivity contribution in [2.75, 3.05) is 6.26 Å². The van der Waals surface area contributed by atoms with E-state index in [9.17, 15) is 9.59 Å². The summed E-state index contributed by atoms with van der Waals surface area (Å²) in [7, 11) is 0. The van der Waals surface area contributed by atoms with Crippen LogP contribution in [0.1, 0.15) is 38.0 Å². The highest BCUT2D eigenvalue weighted by Gasteiger charge is 2.48. The molecule has 0 aromatic heterocycles. The zero-order chi connectivity index (χ0) is 18.7. The Labute approximate surface area is 157 Å². The molecule has 1 aromatic carbocycles. The van der Waals surface area contributed by atoms with Gasteiger partial charge in [0, 0.05) is 24.8 Å². The van der Waals surface area contributed by atoms with Crippen LogP contribution in [-0.2, 0) is 23.8 Å². The van der Waals surface area contributed by atoms with Gasteiger partial charge in [-0.2, -0.15) is 0 Å². The Balaban J connectivity index is 2.38. The van der Waals surface area contributed by atoms with Crippen molar-refractivity contribution in [2.24, 2.45) is 5.92 Å². The molecule has 1 fully saturated rings. The first-order valence-electron chi connectivity index (χ1n) is 8.03. The van der Waals surface area contributed by atoms with Gasteiger partial charge in [-0.3, -0.25) is 9.59 Å². The maximum atomic E-state index is 11.6. The fourth-order valence-electron chi connectivity index (χ4n) is 3.01. The van der Waals surface area contributed by atoms with E-state index in [1.54, 1.807) is 0 Å². The van der Waals surface area contributed by atoms with Gasteiger partial charge in [0.15, 0.2) is 6.10 Å². The summed E-state index contributed by atoms with van der Waals surface area (Å²) in [4.78, 5) is 23.1. The highest BCUT2D eigenvalue weighted by molar-refractivity contribution is 7.99. The van der Waals surface area contributed by atoms with Gasteiger partial charge in [0.1, 0.15) is 11.5 Å². The van der Waals surface area contributed by atoms with Crippen molar-refractivity contribution >= 4 is 35.3 Å². The van der Waals surface area contributed by atoms with Crippen LogP contribution in [0, 0.1) is 12.8 Å². The Bertz CT molecular complexity index is 650. The molecule has 5 nitrogen and oxygen atoms in total. The summed E-state index contributed by atoms with van der Waals surface area (Å²) >= 11 is 7.66. The molecule has 1 aliphatic rings. The van der Waals surface area contributed by atoms with Crippen LogP contribution in [0.15, 0.2) is 18.2 Å². The van der Waals surface area contributed by atoms with E-state index >= 15 is 0 Å². The minimum Gasteiger partial charge on any atom is -0.458 e. The standard InChI is InChI=1S/C18H23ClO5S/c1-9-6-7-13(8-14(9)19)15-10(2)16(22-11(3)20)17(23-12(4)21)18(24-15)25-5/h6-8,10,15-18H,1-5H3/t10-,15+,16+,17-,18+/m0/s1. The highest BCUT2D eigenvalue weighted by atomic mass is 35.5. The van der Waals surface area contributed by atoms with Gasteiger partial charge in [0.25, 0.3) is 0 Å². The molecule has 7 heteroatoms. The van der Waals surface area contributed by atoms with Gasteiger partial charge in [0.05, 0.1) is 6.10 Å². The molecule has 1 aliphatic heterocycles. The molecule has 25 heavy (non-hydrogen) atoms. The fourth-order valence-corrected chi connectivity index (χ4v) is 3.91. The average Bonchev–Trinajstić information content (AvgIpc) is 2.53. The molecule has 0 unspecified atom stereocenters. The zero-order valence-corrected chi connectivity index (χ0v) is 16.5. The number of benzene rings is 1. The average molecular weight is 387 g/mol. The Kier molecular flexibility index (Phi) is 6.77. The van der Waals surface area contributed by atoms with E-state index in [0.717, 1.165) is 11.1 Å². The third-order valence-electron chi connectivity index (χ3n) is 4.23. The fraction of sp³-hybridized carbons (Fsp3) is 0.556. The van der Waals surface area contributed by atoms with Crippen LogP contribution in [0.25, 0.3) is 0 Å². The molecular weight excluding hydrogens is 364 g/mol. The van der Waals surface area contributed by atoms with Crippen LogP contribution in [-0.4, -0.2) is 35.8 Å². The quantitative estimate of drug-likeness (QED) is 0.731. The van der Waals surface area contributed by atoms with Crippen LogP contribution in [0.4, 0.5) is 0 Å². The normalized spacial score (nSPS) is 29.1. The smallest absolute Gasteiger partial charge is 0.303 e. The molecule has 0 spiro atoms. The van der Waals surface area contributed by atoms with Gasteiger partial charge in [-0.05, 0) is 30.4 Å². The van der Waals surface area contributed by atoms with Gasteiger partial charge in [-0.25, -0.2) is 0 Å². The molecule has 5 atom stereocenters. The Morgan fingerprint density at radius 1 is 1.16 bits per heavy atom. The number of thioether (sulfide) groups is 1. The number of carbonyl (C=O) groups is 2. The number of hydrogen-bond donors (Lipinski definition) is 0. The van der Waals surface area contributed by atoms with Crippen molar-refractivity contribution in [2.45, 2.75) is 51.4 Å². The number of esters is 2. The maximum absolute atomic E-state index is 11.6. The molecular formula is C18H23ClO5S. The lowest BCUT2D eigenvalue weighted by Crippen LogP contribution is -2.52. The predicted molar refractivity (Wildman–Crippen MR) is 97.6 cm³/mol. The van der Waals surface area contributed by atoms with Gasteiger partial charge >= 0.3 is 11.9 Å². The topological polar surface area (TPSA) is 61.8 Å². The van der Waals surface area contributed by atoms with Crippen LogP contribution in [0.3, 0.4) is 0 Å².